The average molecular weight is 529 g/mol. The van der Waals surface area contributed by atoms with Gasteiger partial charge in [0.25, 0.3) is 11.6 Å². The van der Waals surface area contributed by atoms with Crippen molar-refractivity contribution in [3.05, 3.63) is 82.0 Å². The van der Waals surface area contributed by atoms with Crippen LogP contribution in [-0.4, -0.2) is 49.5 Å². The van der Waals surface area contributed by atoms with Crippen molar-refractivity contribution in [2.24, 2.45) is 0 Å². The van der Waals surface area contributed by atoms with Crippen LogP contribution in [0, 0.1) is 10.1 Å². The molecule has 0 aliphatic heterocycles. The second-order valence-electron chi connectivity index (χ2n) is 9.53. The van der Waals surface area contributed by atoms with Crippen LogP contribution in [0.25, 0.3) is 22.4 Å². The van der Waals surface area contributed by atoms with Crippen molar-refractivity contribution in [2.75, 3.05) is 18.4 Å². The molecule has 1 fully saturated rings. The first-order chi connectivity index (χ1) is 18.9. The van der Waals surface area contributed by atoms with Gasteiger partial charge >= 0.3 is 5.97 Å². The summed E-state index contributed by atoms with van der Waals surface area (Å²) in [5.41, 5.74) is 2.88. The zero-order valence-corrected chi connectivity index (χ0v) is 21.2. The van der Waals surface area contributed by atoms with Crippen LogP contribution in [0.4, 0.5) is 11.5 Å². The van der Waals surface area contributed by atoms with Crippen LogP contribution in [0.2, 0.25) is 0 Å². The van der Waals surface area contributed by atoms with E-state index in [-0.39, 0.29) is 23.2 Å². The Labute approximate surface area is 224 Å². The van der Waals surface area contributed by atoms with Crippen LogP contribution in [0.15, 0.2) is 60.8 Å². The van der Waals surface area contributed by atoms with Crippen LogP contribution >= 0.6 is 0 Å². The summed E-state index contributed by atoms with van der Waals surface area (Å²) in [7, 11) is 0. The average Bonchev–Trinajstić information content (AvgIpc) is 3.35. The van der Waals surface area contributed by atoms with Gasteiger partial charge < -0.3 is 20.3 Å². The van der Waals surface area contributed by atoms with E-state index in [1.807, 2.05) is 18.2 Å². The van der Waals surface area contributed by atoms with Crippen molar-refractivity contribution in [3.63, 3.8) is 0 Å². The standard InChI is InChI=1S/C28H28N6O5/c35-27(30-14-13-29-25-12-10-22(17-31-25)34(38)39)19-6-4-5-18(15-19)26-32-23-16-20(28(36)37)9-11-24(23)33(26)21-7-2-1-3-8-21/h4-6,9-12,15-17,21H,1-3,7-8,13-14H2,(H,29,31)(H,30,35)(H,36,37). The molecule has 0 radical (unpaired) electrons. The molecule has 39 heavy (non-hydrogen) atoms. The molecule has 0 spiro atoms. The summed E-state index contributed by atoms with van der Waals surface area (Å²) in [5.74, 6) is -0.0449. The largest absolute Gasteiger partial charge is 0.478 e. The summed E-state index contributed by atoms with van der Waals surface area (Å²) in [6.45, 7) is 0.708. The molecule has 0 unspecified atom stereocenters. The molecule has 2 heterocycles. The molecule has 1 amide bonds. The van der Waals surface area contributed by atoms with E-state index in [1.54, 1.807) is 24.3 Å². The van der Waals surface area contributed by atoms with Crippen molar-refractivity contribution in [2.45, 2.75) is 38.1 Å². The molecule has 0 atom stereocenters. The van der Waals surface area contributed by atoms with Crippen LogP contribution in [-0.2, 0) is 0 Å². The molecule has 0 bridgehead atoms. The van der Waals surface area contributed by atoms with Gasteiger partial charge in [-0.2, -0.15) is 0 Å². The number of nitrogens with one attached hydrogen (secondary N) is 2. The number of rotatable bonds is 9. The zero-order chi connectivity index (χ0) is 27.4. The number of amides is 1. The molecule has 11 nitrogen and oxygen atoms in total. The normalized spacial score (nSPS) is 13.7. The molecule has 3 N–H and O–H groups in total. The van der Waals surface area contributed by atoms with Crippen LogP contribution < -0.4 is 10.6 Å². The highest BCUT2D eigenvalue weighted by Crippen LogP contribution is 2.36. The van der Waals surface area contributed by atoms with Gasteiger partial charge in [-0.05, 0) is 49.2 Å². The smallest absolute Gasteiger partial charge is 0.335 e. The molecule has 1 saturated carbocycles. The summed E-state index contributed by atoms with van der Waals surface area (Å²) in [5, 5.41) is 26.1. The van der Waals surface area contributed by atoms with Gasteiger partial charge in [0.05, 0.1) is 21.5 Å². The zero-order valence-electron chi connectivity index (χ0n) is 21.2. The second-order valence-corrected chi connectivity index (χ2v) is 9.53. The quantitative estimate of drug-likeness (QED) is 0.155. The van der Waals surface area contributed by atoms with E-state index in [9.17, 15) is 24.8 Å². The third kappa shape index (κ3) is 5.71. The molecule has 2 aromatic carbocycles. The summed E-state index contributed by atoms with van der Waals surface area (Å²) in [4.78, 5) is 43.5. The lowest BCUT2D eigenvalue weighted by atomic mass is 9.94. The fourth-order valence-corrected chi connectivity index (χ4v) is 5.01. The SMILES string of the molecule is O=C(O)c1ccc2c(c1)nc(-c1cccc(C(=O)NCCNc3ccc([N+](=O)[O-])cn3)c1)n2C1CCCCC1. The van der Waals surface area contributed by atoms with Gasteiger partial charge in [0.15, 0.2) is 0 Å². The fraction of sp³-hybridized carbons (Fsp3) is 0.286. The molecule has 1 aliphatic rings. The minimum atomic E-state index is -0.997. The van der Waals surface area contributed by atoms with Crippen molar-refractivity contribution < 1.29 is 19.6 Å². The number of fused-ring (bicyclic) bond motifs is 1. The van der Waals surface area contributed by atoms with Crippen molar-refractivity contribution in [1.82, 2.24) is 19.9 Å². The number of carbonyl (C=O) groups excluding carboxylic acids is 1. The molecular weight excluding hydrogens is 500 g/mol. The first-order valence-electron chi connectivity index (χ1n) is 12.9. The van der Waals surface area contributed by atoms with Crippen LogP contribution in [0.3, 0.4) is 0 Å². The number of anilines is 1. The minimum absolute atomic E-state index is 0.0897. The molecular formula is C28H28N6O5. The summed E-state index contributed by atoms with van der Waals surface area (Å²) in [6.07, 6.45) is 6.68. The fourth-order valence-electron chi connectivity index (χ4n) is 5.01. The maximum atomic E-state index is 12.9. The highest BCUT2D eigenvalue weighted by Gasteiger charge is 2.23. The summed E-state index contributed by atoms with van der Waals surface area (Å²) in [6, 6.07) is 15.4. The first-order valence-corrected chi connectivity index (χ1v) is 12.9. The molecule has 2 aromatic heterocycles. The number of pyridine rings is 1. The highest BCUT2D eigenvalue weighted by molar-refractivity contribution is 5.96. The van der Waals surface area contributed by atoms with Crippen molar-refractivity contribution in [1.29, 1.82) is 0 Å². The summed E-state index contributed by atoms with van der Waals surface area (Å²) < 4.78 is 2.21. The number of hydrogen-bond acceptors (Lipinski definition) is 7. The Hall–Kier alpha value is -4.80. The lowest BCUT2D eigenvalue weighted by Crippen LogP contribution is -2.28. The van der Waals surface area contributed by atoms with E-state index in [4.69, 9.17) is 4.98 Å². The maximum Gasteiger partial charge on any atom is 0.335 e. The van der Waals surface area contributed by atoms with Gasteiger partial charge in [0, 0.05) is 36.3 Å². The molecule has 11 heteroatoms. The Bertz CT molecular complexity index is 1530. The number of imidazole rings is 1. The van der Waals surface area contributed by atoms with Gasteiger partial charge in [-0.3, -0.25) is 14.9 Å². The molecule has 1 aliphatic carbocycles. The van der Waals surface area contributed by atoms with Crippen molar-refractivity contribution >= 4 is 34.4 Å². The number of hydrogen-bond donors (Lipinski definition) is 3. The number of carbonyl (C=O) groups is 2. The highest BCUT2D eigenvalue weighted by atomic mass is 16.6. The minimum Gasteiger partial charge on any atom is -0.478 e. The predicted octanol–water partition coefficient (Wildman–Crippen LogP) is 5.05. The number of nitrogens with zero attached hydrogens (tertiary/aromatic N) is 4. The lowest BCUT2D eigenvalue weighted by Gasteiger charge is -2.25. The Morgan fingerprint density at radius 1 is 1.03 bits per heavy atom. The Balaban J connectivity index is 1.33. The number of aromatic nitrogens is 3. The predicted molar refractivity (Wildman–Crippen MR) is 146 cm³/mol. The van der Waals surface area contributed by atoms with E-state index in [0.29, 0.717) is 30.0 Å². The van der Waals surface area contributed by atoms with Gasteiger partial charge in [-0.1, -0.05) is 31.4 Å². The number of carboxylic acid groups (broad SMARTS) is 1. The van der Waals surface area contributed by atoms with E-state index >= 15 is 0 Å². The number of benzene rings is 2. The lowest BCUT2D eigenvalue weighted by molar-refractivity contribution is -0.385. The van der Waals surface area contributed by atoms with E-state index in [0.717, 1.165) is 42.6 Å². The monoisotopic (exact) mass is 528 g/mol. The van der Waals surface area contributed by atoms with E-state index in [1.165, 1.54) is 24.8 Å². The van der Waals surface area contributed by atoms with Crippen LogP contribution in [0.1, 0.15) is 58.9 Å². The molecule has 200 valence electrons. The Kier molecular flexibility index (Phi) is 7.48. The van der Waals surface area contributed by atoms with E-state index < -0.39 is 10.9 Å². The second kappa shape index (κ2) is 11.3. The van der Waals surface area contributed by atoms with Gasteiger partial charge in [0.2, 0.25) is 0 Å². The summed E-state index contributed by atoms with van der Waals surface area (Å²) >= 11 is 0. The van der Waals surface area contributed by atoms with Crippen LogP contribution in [0.5, 0.6) is 0 Å². The molecule has 5 rings (SSSR count). The first kappa shape index (κ1) is 25.8. The Morgan fingerprint density at radius 3 is 2.56 bits per heavy atom. The van der Waals surface area contributed by atoms with Crippen molar-refractivity contribution in [3.8, 4) is 11.4 Å². The number of nitro groups is 1. The van der Waals surface area contributed by atoms with E-state index in [2.05, 4.69) is 20.2 Å². The number of aromatic carboxylic acids is 1. The topological polar surface area (TPSA) is 152 Å². The maximum absolute atomic E-state index is 12.9. The van der Waals surface area contributed by atoms with Gasteiger partial charge in [-0.25, -0.2) is 14.8 Å². The Morgan fingerprint density at radius 2 is 1.85 bits per heavy atom. The molecule has 4 aromatic rings. The number of carboxylic acids is 1. The third-order valence-corrected chi connectivity index (χ3v) is 6.93. The van der Waals surface area contributed by atoms with Gasteiger partial charge in [-0.15, -0.1) is 0 Å². The third-order valence-electron chi connectivity index (χ3n) is 6.93. The molecule has 0 saturated heterocycles. The van der Waals surface area contributed by atoms with Gasteiger partial charge in [0.1, 0.15) is 17.8 Å².